The summed E-state index contributed by atoms with van der Waals surface area (Å²) in [7, 11) is 0. The zero-order valence-corrected chi connectivity index (χ0v) is 9.32. The first-order valence-corrected chi connectivity index (χ1v) is 5.39. The molecule has 90 valence electrons. The first-order valence-electron chi connectivity index (χ1n) is 5.39. The molecule has 0 aliphatic rings. The number of halogens is 1. The molecule has 0 aliphatic carbocycles. The molecule has 2 aromatic rings. The Morgan fingerprint density at radius 3 is 3.06 bits per heavy atom. The minimum Gasteiger partial charge on any atom is -0.486 e. The van der Waals surface area contributed by atoms with Crippen molar-refractivity contribution in [1.82, 2.24) is 9.97 Å². The van der Waals surface area contributed by atoms with Crippen LogP contribution in [-0.2, 0) is 13.0 Å². The summed E-state index contributed by atoms with van der Waals surface area (Å²) in [5.41, 5.74) is 6.41. The van der Waals surface area contributed by atoms with Crippen molar-refractivity contribution in [1.29, 1.82) is 0 Å². The van der Waals surface area contributed by atoms with E-state index in [1.165, 1.54) is 12.1 Å². The number of nitrogens with two attached hydrogens (primary N) is 1. The minimum atomic E-state index is -0.314. The van der Waals surface area contributed by atoms with Crippen molar-refractivity contribution in [3.63, 3.8) is 0 Å². The second kappa shape index (κ2) is 5.45. The number of aromatic nitrogens is 2. The predicted molar refractivity (Wildman–Crippen MR) is 62.1 cm³/mol. The lowest BCUT2D eigenvalue weighted by molar-refractivity contribution is 0.295. The zero-order chi connectivity index (χ0) is 12.1. The van der Waals surface area contributed by atoms with Crippen LogP contribution in [0.3, 0.4) is 0 Å². The summed E-state index contributed by atoms with van der Waals surface area (Å²) >= 11 is 0. The number of nitrogens with zero attached hydrogens (tertiary/aromatic N) is 1. The summed E-state index contributed by atoms with van der Waals surface area (Å²) in [6.45, 7) is 0.862. The Morgan fingerprint density at radius 1 is 1.41 bits per heavy atom. The maximum absolute atomic E-state index is 12.9. The van der Waals surface area contributed by atoms with Crippen LogP contribution in [0.1, 0.15) is 11.5 Å². The monoisotopic (exact) mass is 235 g/mol. The van der Waals surface area contributed by atoms with E-state index in [4.69, 9.17) is 10.5 Å². The molecule has 4 nitrogen and oxygen atoms in total. The molecule has 0 unspecified atom stereocenters. The van der Waals surface area contributed by atoms with Crippen LogP contribution in [0.4, 0.5) is 4.39 Å². The molecule has 5 heteroatoms. The van der Waals surface area contributed by atoms with Crippen LogP contribution in [0.15, 0.2) is 30.5 Å². The minimum absolute atomic E-state index is 0.286. The molecular weight excluding hydrogens is 221 g/mol. The standard InChI is InChI=1S/C12H14FN3O/c13-9-2-1-3-11(6-9)17-8-12-15-7-10(16-12)4-5-14/h1-3,6-7H,4-5,8,14H2,(H,15,16). The third-order valence-corrected chi connectivity index (χ3v) is 2.27. The van der Waals surface area contributed by atoms with Gasteiger partial charge in [-0.3, -0.25) is 0 Å². The van der Waals surface area contributed by atoms with E-state index in [1.54, 1.807) is 18.3 Å². The highest BCUT2D eigenvalue weighted by Gasteiger charge is 2.01. The smallest absolute Gasteiger partial charge is 0.146 e. The lowest BCUT2D eigenvalue weighted by Crippen LogP contribution is -2.03. The number of nitrogens with one attached hydrogen (secondary N) is 1. The van der Waals surface area contributed by atoms with Gasteiger partial charge < -0.3 is 15.5 Å². The van der Waals surface area contributed by atoms with Gasteiger partial charge in [-0.25, -0.2) is 9.37 Å². The van der Waals surface area contributed by atoms with Crippen molar-refractivity contribution in [2.24, 2.45) is 5.73 Å². The van der Waals surface area contributed by atoms with Gasteiger partial charge in [0.1, 0.15) is 24.0 Å². The van der Waals surface area contributed by atoms with Gasteiger partial charge in [0, 0.05) is 24.4 Å². The predicted octanol–water partition coefficient (Wildman–Crippen LogP) is 1.63. The molecular formula is C12H14FN3O. The van der Waals surface area contributed by atoms with Crippen molar-refractivity contribution >= 4 is 0 Å². The molecule has 0 saturated carbocycles. The normalized spacial score (nSPS) is 10.5. The van der Waals surface area contributed by atoms with Crippen molar-refractivity contribution in [2.45, 2.75) is 13.0 Å². The summed E-state index contributed by atoms with van der Waals surface area (Å²) in [4.78, 5) is 7.23. The quantitative estimate of drug-likeness (QED) is 0.827. The molecule has 2 rings (SSSR count). The average molecular weight is 235 g/mol. The van der Waals surface area contributed by atoms with E-state index in [-0.39, 0.29) is 12.4 Å². The van der Waals surface area contributed by atoms with E-state index in [1.807, 2.05) is 0 Å². The number of ether oxygens (including phenoxy) is 1. The van der Waals surface area contributed by atoms with E-state index >= 15 is 0 Å². The lowest BCUT2D eigenvalue weighted by atomic mass is 10.3. The summed E-state index contributed by atoms with van der Waals surface area (Å²) in [5, 5.41) is 0. The van der Waals surface area contributed by atoms with Crippen molar-refractivity contribution in [3.8, 4) is 5.75 Å². The van der Waals surface area contributed by atoms with Crippen LogP contribution >= 0.6 is 0 Å². The van der Waals surface area contributed by atoms with Gasteiger partial charge in [0.2, 0.25) is 0 Å². The van der Waals surface area contributed by atoms with Crippen LogP contribution in [0.5, 0.6) is 5.75 Å². The number of imidazole rings is 1. The second-order valence-electron chi connectivity index (χ2n) is 3.64. The van der Waals surface area contributed by atoms with Gasteiger partial charge in [-0.1, -0.05) is 6.07 Å². The first-order chi connectivity index (χ1) is 8.28. The van der Waals surface area contributed by atoms with E-state index in [0.29, 0.717) is 18.1 Å². The molecule has 0 fully saturated rings. The molecule has 1 aromatic carbocycles. The van der Waals surface area contributed by atoms with Gasteiger partial charge in [-0.05, 0) is 18.7 Å². The van der Waals surface area contributed by atoms with E-state index in [0.717, 1.165) is 12.1 Å². The van der Waals surface area contributed by atoms with Crippen LogP contribution < -0.4 is 10.5 Å². The zero-order valence-electron chi connectivity index (χ0n) is 9.32. The third kappa shape index (κ3) is 3.29. The highest BCUT2D eigenvalue weighted by Crippen LogP contribution is 2.13. The van der Waals surface area contributed by atoms with Gasteiger partial charge in [0.05, 0.1) is 0 Å². The molecule has 0 aliphatic heterocycles. The van der Waals surface area contributed by atoms with Crippen molar-refractivity contribution in [2.75, 3.05) is 6.54 Å². The van der Waals surface area contributed by atoms with E-state index in [2.05, 4.69) is 9.97 Å². The van der Waals surface area contributed by atoms with Gasteiger partial charge in [0.25, 0.3) is 0 Å². The average Bonchev–Trinajstić information content (AvgIpc) is 2.75. The van der Waals surface area contributed by atoms with E-state index in [9.17, 15) is 4.39 Å². The summed E-state index contributed by atoms with van der Waals surface area (Å²) in [5.74, 6) is 0.880. The molecule has 1 heterocycles. The van der Waals surface area contributed by atoms with Gasteiger partial charge >= 0.3 is 0 Å². The van der Waals surface area contributed by atoms with E-state index < -0.39 is 0 Å². The molecule has 17 heavy (non-hydrogen) atoms. The topological polar surface area (TPSA) is 63.9 Å². The first kappa shape index (κ1) is 11.6. The molecule has 0 atom stereocenters. The lowest BCUT2D eigenvalue weighted by Gasteiger charge is -2.03. The molecule has 0 saturated heterocycles. The number of hydrogen-bond acceptors (Lipinski definition) is 3. The molecule has 0 amide bonds. The number of aromatic amines is 1. The Morgan fingerprint density at radius 2 is 2.29 bits per heavy atom. The van der Waals surface area contributed by atoms with Crippen LogP contribution in [-0.4, -0.2) is 16.5 Å². The Bertz CT molecular complexity index is 484. The molecule has 1 aromatic heterocycles. The second-order valence-corrected chi connectivity index (χ2v) is 3.64. The summed E-state index contributed by atoms with van der Waals surface area (Å²) in [6.07, 6.45) is 2.49. The van der Waals surface area contributed by atoms with Crippen molar-refractivity contribution < 1.29 is 9.13 Å². The highest BCUT2D eigenvalue weighted by atomic mass is 19.1. The number of H-pyrrole nitrogens is 1. The maximum atomic E-state index is 12.9. The fourth-order valence-corrected chi connectivity index (χ4v) is 1.47. The highest BCUT2D eigenvalue weighted by molar-refractivity contribution is 5.22. The number of rotatable bonds is 5. The largest absolute Gasteiger partial charge is 0.486 e. The SMILES string of the molecule is NCCc1cnc(COc2cccc(F)c2)[nH]1. The van der Waals surface area contributed by atoms with Gasteiger partial charge in [-0.2, -0.15) is 0 Å². The van der Waals surface area contributed by atoms with Gasteiger partial charge in [0.15, 0.2) is 0 Å². The van der Waals surface area contributed by atoms with Crippen LogP contribution in [0.2, 0.25) is 0 Å². The Balaban J connectivity index is 1.93. The summed E-state index contributed by atoms with van der Waals surface area (Å²) < 4.78 is 18.3. The molecule has 0 bridgehead atoms. The van der Waals surface area contributed by atoms with Gasteiger partial charge in [-0.15, -0.1) is 0 Å². The fraction of sp³-hybridized carbons (Fsp3) is 0.250. The van der Waals surface area contributed by atoms with Crippen molar-refractivity contribution in [3.05, 3.63) is 47.8 Å². The Hall–Kier alpha value is -1.88. The van der Waals surface area contributed by atoms with Crippen LogP contribution in [0.25, 0.3) is 0 Å². The molecule has 0 spiro atoms. The fourth-order valence-electron chi connectivity index (χ4n) is 1.47. The summed E-state index contributed by atoms with van der Waals surface area (Å²) in [6, 6.07) is 6.02. The van der Waals surface area contributed by atoms with Crippen LogP contribution in [0, 0.1) is 5.82 Å². The third-order valence-electron chi connectivity index (χ3n) is 2.27. The number of hydrogen-bond donors (Lipinski definition) is 2. The Labute approximate surface area is 98.6 Å². The molecule has 3 N–H and O–H groups in total. The number of benzene rings is 1. The molecule has 0 radical (unpaired) electrons. The Kier molecular flexibility index (Phi) is 3.72. The maximum Gasteiger partial charge on any atom is 0.146 e.